The number of amides is 2. The van der Waals surface area contributed by atoms with Gasteiger partial charge in [0.15, 0.2) is 5.78 Å². The second kappa shape index (κ2) is 8.86. The van der Waals surface area contributed by atoms with Crippen molar-refractivity contribution in [1.29, 1.82) is 0 Å². The molecule has 0 fully saturated rings. The molecular weight excluding hydrogens is 364 g/mol. The van der Waals surface area contributed by atoms with E-state index in [9.17, 15) is 14.4 Å². The molecule has 1 aliphatic rings. The second-order valence-electron chi connectivity index (χ2n) is 7.62. The molecule has 2 aromatic carbocycles. The Balaban J connectivity index is 1.88. The van der Waals surface area contributed by atoms with Gasteiger partial charge in [0.05, 0.1) is 17.5 Å². The molecule has 0 bridgehead atoms. The zero-order valence-corrected chi connectivity index (χ0v) is 17.0. The number of hydrogen-bond donors (Lipinski definition) is 1. The average molecular weight is 390 g/mol. The number of hydrogen-bond acceptors (Lipinski definition) is 3. The Labute approximate surface area is 171 Å². The van der Waals surface area contributed by atoms with Crippen LogP contribution in [-0.4, -0.2) is 36.6 Å². The van der Waals surface area contributed by atoms with Crippen molar-refractivity contribution in [2.75, 3.05) is 19.4 Å². The lowest BCUT2D eigenvalue weighted by Gasteiger charge is -2.29. The number of nitrogens with one attached hydrogen (secondary N) is 1. The van der Waals surface area contributed by atoms with Gasteiger partial charge in [0.1, 0.15) is 0 Å². The van der Waals surface area contributed by atoms with Crippen LogP contribution in [-0.2, 0) is 9.59 Å². The van der Waals surface area contributed by atoms with Crippen molar-refractivity contribution in [2.24, 2.45) is 11.8 Å². The van der Waals surface area contributed by atoms with Crippen molar-refractivity contribution >= 4 is 23.3 Å². The SMILES string of the molecule is Cc1ccc(NC(=O)C2CC=CCC2C(=O)N(C)C)c(C(=O)c2ccccc2)c1. The van der Waals surface area contributed by atoms with Crippen LogP contribution in [0.4, 0.5) is 5.69 Å². The Bertz CT molecular complexity index is 948. The third kappa shape index (κ3) is 4.62. The summed E-state index contributed by atoms with van der Waals surface area (Å²) in [5.74, 6) is -1.29. The highest BCUT2D eigenvalue weighted by molar-refractivity contribution is 6.14. The first kappa shape index (κ1) is 20.5. The van der Waals surface area contributed by atoms with E-state index < -0.39 is 11.8 Å². The minimum absolute atomic E-state index is 0.0565. The molecule has 2 atom stereocenters. The molecule has 0 aliphatic heterocycles. The van der Waals surface area contributed by atoms with Gasteiger partial charge in [-0.05, 0) is 31.9 Å². The van der Waals surface area contributed by atoms with Crippen LogP contribution in [0.1, 0.15) is 34.3 Å². The molecule has 1 aliphatic carbocycles. The van der Waals surface area contributed by atoms with Crippen molar-refractivity contribution in [1.82, 2.24) is 4.90 Å². The first-order chi connectivity index (χ1) is 13.9. The summed E-state index contributed by atoms with van der Waals surface area (Å²) in [7, 11) is 3.40. The van der Waals surface area contributed by atoms with Crippen LogP contribution in [0.3, 0.4) is 0 Å². The van der Waals surface area contributed by atoms with E-state index >= 15 is 0 Å². The highest BCUT2D eigenvalue weighted by Crippen LogP contribution is 2.29. The van der Waals surface area contributed by atoms with E-state index in [0.29, 0.717) is 29.7 Å². The summed E-state index contributed by atoms with van der Waals surface area (Å²) in [6, 6.07) is 14.4. The monoisotopic (exact) mass is 390 g/mol. The molecule has 150 valence electrons. The molecular formula is C24H26N2O3. The van der Waals surface area contributed by atoms with Gasteiger partial charge >= 0.3 is 0 Å². The summed E-state index contributed by atoms with van der Waals surface area (Å²) >= 11 is 0. The van der Waals surface area contributed by atoms with Gasteiger partial charge in [-0.3, -0.25) is 14.4 Å². The van der Waals surface area contributed by atoms with Crippen LogP contribution >= 0.6 is 0 Å². The first-order valence-corrected chi connectivity index (χ1v) is 9.76. The topological polar surface area (TPSA) is 66.5 Å². The van der Waals surface area contributed by atoms with Crippen LogP contribution in [0.15, 0.2) is 60.7 Å². The van der Waals surface area contributed by atoms with Gasteiger partial charge in [-0.15, -0.1) is 0 Å². The van der Waals surface area contributed by atoms with Crippen molar-refractivity contribution in [3.05, 3.63) is 77.4 Å². The molecule has 5 heteroatoms. The Kier molecular flexibility index (Phi) is 6.27. The van der Waals surface area contributed by atoms with Crippen LogP contribution < -0.4 is 5.32 Å². The van der Waals surface area contributed by atoms with Gasteiger partial charge in [-0.25, -0.2) is 0 Å². The number of nitrogens with zero attached hydrogens (tertiary/aromatic N) is 1. The van der Waals surface area contributed by atoms with Crippen LogP contribution in [0.5, 0.6) is 0 Å². The molecule has 3 rings (SSSR count). The molecule has 0 saturated heterocycles. The van der Waals surface area contributed by atoms with Crippen LogP contribution in [0, 0.1) is 18.8 Å². The number of ketones is 1. The molecule has 2 amide bonds. The predicted molar refractivity (Wildman–Crippen MR) is 114 cm³/mol. The number of carbonyl (C=O) groups excluding carboxylic acids is 3. The van der Waals surface area contributed by atoms with Gasteiger partial charge in [0.2, 0.25) is 11.8 Å². The maximum atomic E-state index is 13.1. The van der Waals surface area contributed by atoms with E-state index in [0.717, 1.165) is 5.56 Å². The zero-order valence-electron chi connectivity index (χ0n) is 17.0. The maximum absolute atomic E-state index is 13.1. The maximum Gasteiger partial charge on any atom is 0.228 e. The second-order valence-corrected chi connectivity index (χ2v) is 7.62. The van der Waals surface area contributed by atoms with Crippen molar-refractivity contribution in [2.45, 2.75) is 19.8 Å². The van der Waals surface area contributed by atoms with E-state index in [1.54, 1.807) is 38.4 Å². The van der Waals surface area contributed by atoms with Crippen molar-refractivity contribution in [3.8, 4) is 0 Å². The van der Waals surface area contributed by atoms with Crippen LogP contribution in [0.2, 0.25) is 0 Å². The third-order valence-electron chi connectivity index (χ3n) is 5.24. The number of carbonyl (C=O) groups is 3. The summed E-state index contributed by atoms with van der Waals surface area (Å²) < 4.78 is 0. The molecule has 5 nitrogen and oxygen atoms in total. The van der Waals surface area contributed by atoms with Crippen LogP contribution in [0.25, 0.3) is 0 Å². The van der Waals surface area contributed by atoms with Gasteiger partial charge in [-0.2, -0.15) is 0 Å². The largest absolute Gasteiger partial charge is 0.349 e. The Morgan fingerprint density at radius 2 is 1.59 bits per heavy atom. The van der Waals surface area contributed by atoms with Gasteiger partial charge in [0.25, 0.3) is 0 Å². The molecule has 0 radical (unpaired) electrons. The minimum Gasteiger partial charge on any atom is -0.349 e. The van der Waals surface area contributed by atoms with Gasteiger partial charge in [-0.1, -0.05) is 54.1 Å². The van der Waals surface area contributed by atoms with E-state index in [-0.39, 0.29) is 17.6 Å². The van der Waals surface area contributed by atoms with Gasteiger partial charge < -0.3 is 10.2 Å². The Hall–Kier alpha value is -3.21. The zero-order chi connectivity index (χ0) is 21.0. The van der Waals surface area contributed by atoms with E-state index in [2.05, 4.69) is 5.32 Å². The van der Waals surface area contributed by atoms with E-state index in [1.165, 1.54) is 4.90 Å². The smallest absolute Gasteiger partial charge is 0.228 e. The fourth-order valence-electron chi connectivity index (χ4n) is 3.63. The number of allylic oxidation sites excluding steroid dienone is 2. The van der Waals surface area contributed by atoms with E-state index in [4.69, 9.17) is 0 Å². The lowest BCUT2D eigenvalue weighted by atomic mass is 9.81. The molecule has 0 spiro atoms. The third-order valence-corrected chi connectivity index (χ3v) is 5.24. The number of anilines is 1. The highest BCUT2D eigenvalue weighted by atomic mass is 16.2. The fourth-order valence-corrected chi connectivity index (χ4v) is 3.63. The fraction of sp³-hybridized carbons (Fsp3) is 0.292. The van der Waals surface area contributed by atoms with Crippen molar-refractivity contribution in [3.63, 3.8) is 0 Å². The lowest BCUT2D eigenvalue weighted by Crippen LogP contribution is -2.40. The van der Waals surface area contributed by atoms with E-state index in [1.807, 2.05) is 43.3 Å². The predicted octanol–water partition coefficient (Wildman–Crippen LogP) is 3.84. The summed E-state index contributed by atoms with van der Waals surface area (Å²) in [5.41, 5.74) is 2.42. The summed E-state index contributed by atoms with van der Waals surface area (Å²) in [4.78, 5) is 40.1. The highest BCUT2D eigenvalue weighted by Gasteiger charge is 2.35. The molecule has 0 aromatic heterocycles. The summed E-state index contributed by atoms with van der Waals surface area (Å²) in [6.45, 7) is 1.91. The molecule has 0 heterocycles. The summed E-state index contributed by atoms with van der Waals surface area (Å²) in [6.07, 6.45) is 4.93. The number of rotatable bonds is 5. The number of benzene rings is 2. The van der Waals surface area contributed by atoms with Crippen molar-refractivity contribution < 1.29 is 14.4 Å². The summed E-state index contributed by atoms with van der Waals surface area (Å²) in [5, 5.41) is 2.92. The molecule has 29 heavy (non-hydrogen) atoms. The normalized spacial score (nSPS) is 18.2. The molecule has 2 unspecified atom stereocenters. The molecule has 1 N–H and O–H groups in total. The first-order valence-electron chi connectivity index (χ1n) is 9.76. The number of aryl methyl sites for hydroxylation is 1. The standard InChI is InChI=1S/C24H26N2O3/c1-16-13-14-21(20(15-16)22(27)17-9-5-4-6-10-17)25-23(28)18-11-7-8-12-19(18)24(29)26(2)3/h4-10,13-15,18-19H,11-12H2,1-3H3,(H,25,28). The molecule has 0 saturated carbocycles. The Morgan fingerprint density at radius 3 is 2.24 bits per heavy atom. The molecule has 2 aromatic rings. The van der Waals surface area contributed by atoms with Gasteiger partial charge in [0, 0.05) is 25.2 Å². The Morgan fingerprint density at radius 1 is 0.931 bits per heavy atom. The lowest BCUT2D eigenvalue weighted by molar-refractivity contribution is -0.138. The minimum atomic E-state index is -0.462. The quantitative estimate of drug-likeness (QED) is 0.623. The average Bonchev–Trinajstić information content (AvgIpc) is 2.74.